The van der Waals surface area contributed by atoms with Crippen molar-refractivity contribution in [3.05, 3.63) is 12.4 Å². The number of nitrogen functional groups attached to an aromatic ring is 1. The minimum absolute atomic E-state index is 0.146. The van der Waals surface area contributed by atoms with Crippen molar-refractivity contribution in [2.45, 2.75) is 38.8 Å². The Morgan fingerprint density at radius 2 is 2.44 bits per heavy atom. The summed E-state index contributed by atoms with van der Waals surface area (Å²) < 4.78 is 1.60. The average Bonchev–Trinajstić information content (AvgIpc) is 3.00. The van der Waals surface area contributed by atoms with Gasteiger partial charge in [0.25, 0.3) is 0 Å². The highest BCUT2D eigenvalue weighted by Crippen LogP contribution is 2.27. The summed E-state index contributed by atoms with van der Waals surface area (Å²) in [5.41, 5.74) is 6.15. The summed E-state index contributed by atoms with van der Waals surface area (Å²) in [5, 5.41) is 4.02. The standard InChI is InChI=1S/C11H18N4O/c1-2-5-15(10-3-4-10)11(16)8-14-7-9(12)6-13-14/h6-7,10H,2-5,8,12H2,1H3. The van der Waals surface area contributed by atoms with Gasteiger partial charge in [-0.1, -0.05) is 6.92 Å². The number of nitrogens with two attached hydrogens (primary N) is 1. The molecule has 1 saturated carbocycles. The molecule has 1 heterocycles. The van der Waals surface area contributed by atoms with Crippen molar-refractivity contribution in [2.75, 3.05) is 12.3 Å². The first kappa shape index (κ1) is 11.0. The molecule has 5 nitrogen and oxygen atoms in total. The fourth-order valence-corrected chi connectivity index (χ4v) is 1.83. The third kappa shape index (κ3) is 2.53. The van der Waals surface area contributed by atoms with Gasteiger partial charge in [-0.3, -0.25) is 9.48 Å². The molecule has 1 aromatic heterocycles. The summed E-state index contributed by atoms with van der Waals surface area (Å²) in [6, 6.07) is 0.473. The van der Waals surface area contributed by atoms with Crippen molar-refractivity contribution in [1.29, 1.82) is 0 Å². The van der Waals surface area contributed by atoms with E-state index in [-0.39, 0.29) is 5.91 Å². The second-order valence-corrected chi connectivity index (χ2v) is 4.29. The summed E-state index contributed by atoms with van der Waals surface area (Å²) in [5.74, 6) is 0.146. The monoisotopic (exact) mass is 222 g/mol. The van der Waals surface area contributed by atoms with Gasteiger partial charge in [0.05, 0.1) is 11.9 Å². The van der Waals surface area contributed by atoms with Crippen molar-refractivity contribution in [2.24, 2.45) is 0 Å². The predicted octanol–water partition coefficient (Wildman–Crippen LogP) is 0.866. The smallest absolute Gasteiger partial charge is 0.244 e. The third-order valence-electron chi connectivity index (χ3n) is 2.72. The lowest BCUT2D eigenvalue weighted by atomic mass is 10.3. The molecule has 0 saturated heterocycles. The molecule has 0 spiro atoms. The maximum absolute atomic E-state index is 12.0. The number of anilines is 1. The normalized spacial score (nSPS) is 15.1. The largest absolute Gasteiger partial charge is 0.396 e. The average molecular weight is 222 g/mol. The number of hydrogen-bond acceptors (Lipinski definition) is 3. The fourth-order valence-electron chi connectivity index (χ4n) is 1.83. The van der Waals surface area contributed by atoms with E-state index in [1.54, 1.807) is 17.1 Å². The molecule has 2 N–H and O–H groups in total. The van der Waals surface area contributed by atoms with Gasteiger partial charge in [0.2, 0.25) is 5.91 Å². The molecule has 0 unspecified atom stereocenters. The van der Waals surface area contributed by atoms with Crippen LogP contribution in [-0.2, 0) is 11.3 Å². The van der Waals surface area contributed by atoms with E-state index in [1.807, 2.05) is 4.90 Å². The van der Waals surface area contributed by atoms with Gasteiger partial charge in [-0.05, 0) is 19.3 Å². The van der Waals surface area contributed by atoms with Crippen molar-refractivity contribution < 1.29 is 4.79 Å². The molecule has 0 aromatic carbocycles. The van der Waals surface area contributed by atoms with E-state index in [0.29, 0.717) is 18.3 Å². The van der Waals surface area contributed by atoms with E-state index in [0.717, 1.165) is 25.8 Å². The fraction of sp³-hybridized carbons (Fsp3) is 0.636. The Labute approximate surface area is 95.2 Å². The zero-order valence-corrected chi connectivity index (χ0v) is 9.59. The van der Waals surface area contributed by atoms with Crippen LogP contribution in [0.4, 0.5) is 5.69 Å². The van der Waals surface area contributed by atoms with Gasteiger partial charge in [0.1, 0.15) is 6.54 Å². The van der Waals surface area contributed by atoms with Gasteiger partial charge in [-0.2, -0.15) is 5.10 Å². The molecule has 1 amide bonds. The molecule has 0 aliphatic heterocycles. The van der Waals surface area contributed by atoms with Crippen LogP contribution in [0, 0.1) is 0 Å². The highest BCUT2D eigenvalue weighted by Gasteiger charge is 2.31. The van der Waals surface area contributed by atoms with Crippen LogP contribution in [0.3, 0.4) is 0 Å². The van der Waals surface area contributed by atoms with Crippen LogP contribution in [0.25, 0.3) is 0 Å². The number of nitrogens with zero attached hydrogens (tertiary/aromatic N) is 3. The maximum atomic E-state index is 12.0. The molecular weight excluding hydrogens is 204 g/mol. The van der Waals surface area contributed by atoms with Crippen LogP contribution >= 0.6 is 0 Å². The quantitative estimate of drug-likeness (QED) is 0.803. The van der Waals surface area contributed by atoms with E-state index in [2.05, 4.69) is 12.0 Å². The topological polar surface area (TPSA) is 64.2 Å². The highest BCUT2D eigenvalue weighted by atomic mass is 16.2. The molecule has 2 rings (SSSR count). The van der Waals surface area contributed by atoms with Crippen LogP contribution in [0.1, 0.15) is 26.2 Å². The van der Waals surface area contributed by atoms with Crippen molar-refractivity contribution in [3.63, 3.8) is 0 Å². The summed E-state index contributed by atoms with van der Waals surface area (Å²) in [4.78, 5) is 14.0. The Kier molecular flexibility index (Phi) is 3.12. The number of hydrogen-bond donors (Lipinski definition) is 1. The third-order valence-corrected chi connectivity index (χ3v) is 2.72. The molecule has 0 bridgehead atoms. The molecular formula is C11H18N4O. The first-order valence-electron chi connectivity index (χ1n) is 5.78. The Bertz CT molecular complexity index is 370. The Balaban J connectivity index is 1.94. The Hall–Kier alpha value is -1.52. The molecule has 1 fully saturated rings. The van der Waals surface area contributed by atoms with Gasteiger partial charge < -0.3 is 10.6 Å². The van der Waals surface area contributed by atoms with Crippen molar-refractivity contribution >= 4 is 11.6 Å². The van der Waals surface area contributed by atoms with Crippen molar-refractivity contribution in [3.8, 4) is 0 Å². The summed E-state index contributed by atoms with van der Waals surface area (Å²) in [7, 11) is 0. The van der Waals surface area contributed by atoms with E-state index in [9.17, 15) is 4.79 Å². The van der Waals surface area contributed by atoms with Crippen LogP contribution in [0.15, 0.2) is 12.4 Å². The summed E-state index contributed by atoms with van der Waals surface area (Å²) >= 11 is 0. The van der Waals surface area contributed by atoms with E-state index >= 15 is 0 Å². The minimum Gasteiger partial charge on any atom is -0.396 e. The van der Waals surface area contributed by atoms with Gasteiger partial charge >= 0.3 is 0 Å². The number of rotatable bonds is 5. The van der Waals surface area contributed by atoms with Gasteiger partial charge in [-0.15, -0.1) is 0 Å². The number of amides is 1. The van der Waals surface area contributed by atoms with Crippen LogP contribution in [-0.4, -0.2) is 33.2 Å². The number of aromatic nitrogens is 2. The Morgan fingerprint density at radius 3 is 2.94 bits per heavy atom. The zero-order chi connectivity index (χ0) is 11.5. The van der Waals surface area contributed by atoms with E-state index < -0.39 is 0 Å². The van der Waals surface area contributed by atoms with Gasteiger partial charge in [0.15, 0.2) is 0 Å². The van der Waals surface area contributed by atoms with Crippen molar-refractivity contribution in [1.82, 2.24) is 14.7 Å². The summed E-state index contributed by atoms with van der Waals surface area (Å²) in [6.07, 6.45) is 6.55. The Morgan fingerprint density at radius 1 is 1.69 bits per heavy atom. The second kappa shape index (κ2) is 4.55. The van der Waals surface area contributed by atoms with E-state index in [1.165, 1.54) is 0 Å². The molecule has 88 valence electrons. The van der Waals surface area contributed by atoms with Crippen LogP contribution in [0.5, 0.6) is 0 Å². The second-order valence-electron chi connectivity index (χ2n) is 4.29. The molecule has 1 aliphatic carbocycles. The van der Waals surface area contributed by atoms with Crippen LogP contribution < -0.4 is 5.73 Å². The lowest BCUT2D eigenvalue weighted by Gasteiger charge is -2.21. The number of carbonyl (C=O) groups excluding carboxylic acids is 1. The number of carbonyl (C=O) groups is 1. The van der Waals surface area contributed by atoms with E-state index in [4.69, 9.17) is 5.73 Å². The highest BCUT2D eigenvalue weighted by molar-refractivity contribution is 5.76. The maximum Gasteiger partial charge on any atom is 0.244 e. The molecule has 0 atom stereocenters. The van der Waals surface area contributed by atoms with Crippen LogP contribution in [0.2, 0.25) is 0 Å². The molecule has 1 aromatic rings. The van der Waals surface area contributed by atoms with Gasteiger partial charge in [0, 0.05) is 18.8 Å². The molecule has 16 heavy (non-hydrogen) atoms. The zero-order valence-electron chi connectivity index (χ0n) is 9.59. The minimum atomic E-state index is 0.146. The molecule has 1 aliphatic rings. The molecule has 5 heteroatoms. The lowest BCUT2D eigenvalue weighted by molar-refractivity contribution is -0.132. The first-order valence-corrected chi connectivity index (χ1v) is 5.78. The lowest BCUT2D eigenvalue weighted by Crippen LogP contribution is -2.36. The first-order chi connectivity index (χ1) is 7.70. The SMILES string of the molecule is CCCN(C(=O)Cn1cc(N)cn1)C1CC1. The summed E-state index contributed by atoms with van der Waals surface area (Å²) in [6.45, 7) is 3.24. The predicted molar refractivity (Wildman–Crippen MR) is 61.7 cm³/mol. The molecule has 0 radical (unpaired) electrons. The van der Waals surface area contributed by atoms with Gasteiger partial charge in [-0.25, -0.2) is 0 Å².